The number of carbonyl (C=O) groups is 1. The van der Waals surface area contributed by atoms with Gasteiger partial charge < -0.3 is 10.2 Å². The highest BCUT2D eigenvalue weighted by molar-refractivity contribution is 6.05. The molecule has 3 rings (SSSR count). The van der Waals surface area contributed by atoms with Crippen molar-refractivity contribution < 1.29 is 19.0 Å². The van der Waals surface area contributed by atoms with Crippen molar-refractivity contribution in [2.75, 3.05) is 23.3 Å². The van der Waals surface area contributed by atoms with E-state index >= 15 is 0 Å². The summed E-state index contributed by atoms with van der Waals surface area (Å²) in [5.41, 5.74) is -0.567. The molecule has 1 aliphatic rings. The molecule has 1 heterocycles. The van der Waals surface area contributed by atoms with Gasteiger partial charge in [0.1, 0.15) is 11.5 Å². The number of nitrogens with zero attached hydrogens (tertiary/aromatic N) is 3. The first-order valence-electron chi connectivity index (χ1n) is 9.15. The third-order valence-corrected chi connectivity index (χ3v) is 4.79. The van der Waals surface area contributed by atoms with Crippen LogP contribution in [0.5, 0.6) is 0 Å². The molecule has 29 heavy (non-hydrogen) atoms. The van der Waals surface area contributed by atoms with Crippen molar-refractivity contribution in [2.45, 2.75) is 25.7 Å². The van der Waals surface area contributed by atoms with Crippen molar-refractivity contribution in [3.63, 3.8) is 0 Å². The van der Waals surface area contributed by atoms with Crippen LogP contribution in [-0.4, -0.2) is 28.8 Å². The molecular weight excluding hydrogens is 383 g/mol. The maximum Gasteiger partial charge on any atom is 0.293 e. The molecule has 1 aliphatic heterocycles. The fourth-order valence-corrected chi connectivity index (χ4v) is 3.31. The highest BCUT2D eigenvalue weighted by Gasteiger charge is 2.23. The van der Waals surface area contributed by atoms with Crippen LogP contribution in [0, 0.1) is 26.0 Å². The van der Waals surface area contributed by atoms with Gasteiger partial charge in [-0.15, -0.1) is 0 Å². The molecule has 0 saturated carbocycles. The van der Waals surface area contributed by atoms with Gasteiger partial charge >= 0.3 is 0 Å². The summed E-state index contributed by atoms with van der Waals surface area (Å²) < 4.78 is 13.9. The van der Waals surface area contributed by atoms with E-state index in [0.29, 0.717) is 18.8 Å². The third kappa shape index (κ3) is 4.65. The van der Waals surface area contributed by atoms with E-state index in [-0.39, 0.29) is 22.6 Å². The summed E-state index contributed by atoms with van der Waals surface area (Å²) in [7, 11) is 0. The fraction of sp³-hybridized carbons (Fsp3) is 0.316. The molecular formula is C19H19FN4O5. The van der Waals surface area contributed by atoms with E-state index in [1.54, 1.807) is 0 Å². The van der Waals surface area contributed by atoms with Gasteiger partial charge in [-0.2, -0.15) is 0 Å². The van der Waals surface area contributed by atoms with Gasteiger partial charge in [0.2, 0.25) is 0 Å². The van der Waals surface area contributed by atoms with Crippen molar-refractivity contribution in [1.82, 2.24) is 0 Å². The first-order valence-corrected chi connectivity index (χ1v) is 9.15. The number of rotatable bonds is 5. The number of hydrogen-bond acceptors (Lipinski definition) is 6. The highest BCUT2D eigenvalue weighted by Crippen LogP contribution is 2.31. The molecule has 0 aliphatic carbocycles. The Balaban J connectivity index is 1.88. The zero-order valence-electron chi connectivity index (χ0n) is 15.5. The largest absolute Gasteiger partial charge is 0.366 e. The number of nitro benzene ring substituents is 2. The van der Waals surface area contributed by atoms with Gasteiger partial charge in [-0.05, 0) is 31.0 Å². The van der Waals surface area contributed by atoms with Gasteiger partial charge in [-0.1, -0.05) is 12.8 Å². The van der Waals surface area contributed by atoms with Crippen LogP contribution in [0.15, 0.2) is 36.4 Å². The topological polar surface area (TPSA) is 119 Å². The first kappa shape index (κ1) is 20.2. The molecule has 0 aromatic heterocycles. The van der Waals surface area contributed by atoms with Crippen molar-refractivity contribution in [3.05, 3.63) is 68.0 Å². The second-order valence-electron chi connectivity index (χ2n) is 6.74. The predicted octanol–water partition coefficient (Wildman–Crippen LogP) is 4.27. The number of nitrogens with one attached hydrogen (secondary N) is 1. The van der Waals surface area contributed by atoms with Gasteiger partial charge in [0.05, 0.1) is 15.5 Å². The minimum atomic E-state index is -0.848. The van der Waals surface area contributed by atoms with E-state index in [1.807, 2.05) is 4.90 Å². The van der Waals surface area contributed by atoms with Crippen LogP contribution < -0.4 is 10.2 Å². The smallest absolute Gasteiger partial charge is 0.293 e. The Labute approximate surface area is 165 Å². The minimum Gasteiger partial charge on any atom is -0.366 e. The molecule has 10 heteroatoms. The van der Waals surface area contributed by atoms with E-state index < -0.39 is 21.6 Å². The summed E-state index contributed by atoms with van der Waals surface area (Å²) in [6.45, 7) is 1.40. The number of hydrogen-bond donors (Lipinski definition) is 1. The maximum atomic E-state index is 13.9. The lowest BCUT2D eigenvalue weighted by molar-refractivity contribution is -0.384. The highest BCUT2D eigenvalue weighted by atomic mass is 19.1. The molecule has 1 fully saturated rings. The van der Waals surface area contributed by atoms with Crippen LogP contribution in [0.2, 0.25) is 0 Å². The monoisotopic (exact) mass is 402 g/mol. The molecule has 1 amide bonds. The molecule has 0 atom stereocenters. The summed E-state index contributed by atoms with van der Waals surface area (Å²) in [5, 5.41) is 24.7. The molecule has 0 bridgehead atoms. The second kappa shape index (κ2) is 8.63. The van der Waals surface area contributed by atoms with Gasteiger partial charge in [0, 0.05) is 36.9 Å². The number of non-ortho nitro benzene ring substituents is 1. The summed E-state index contributed by atoms with van der Waals surface area (Å²) in [6, 6.07) is 6.84. The summed E-state index contributed by atoms with van der Waals surface area (Å²) in [4.78, 5) is 35.6. The molecule has 2 aromatic carbocycles. The average molecular weight is 402 g/mol. The normalized spacial score (nSPS) is 14.2. The van der Waals surface area contributed by atoms with Crippen LogP contribution in [-0.2, 0) is 0 Å². The van der Waals surface area contributed by atoms with Crippen LogP contribution >= 0.6 is 0 Å². The van der Waals surface area contributed by atoms with Crippen molar-refractivity contribution in [1.29, 1.82) is 0 Å². The van der Waals surface area contributed by atoms with Crippen LogP contribution in [0.25, 0.3) is 0 Å². The van der Waals surface area contributed by atoms with Crippen LogP contribution in [0.4, 0.5) is 27.1 Å². The lowest BCUT2D eigenvalue weighted by atomic mass is 10.1. The molecule has 2 aromatic rings. The third-order valence-electron chi connectivity index (χ3n) is 4.79. The Bertz CT molecular complexity index is 958. The molecule has 9 nitrogen and oxygen atoms in total. The lowest BCUT2D eigenvalue weighted by Gasteiger charge is -2.22. The van der Waals surface area contributed by atoms with E-state index in [9.17, 15) is 29.4 Å². The Morgan fingerprint density at radius 3 is 2.28 bits per heavy atom. The summed E-state index contributed by atoms with van der Waals surface area (Å²) in [5.74, 6) is -1.64. The fourth-order valence-electron chi connectivity index (χ4n) is 3.31. The van der Waals surface area contributed by atoms with Crippen molar-refractivity contribution in [2.24, 2.45) is 0 Å². The number of amides is 1. The Morgan fingerprint density at radius 1 is 0.966 bits per heavy atom. The molecule has 1 N–H and O–H groups in total. The van der Waals surface area contributed by atoms with Crippen LogP contribution in [0.1, 0.15) is 36.0 Å². The molecule has 0 radical (unpaired) electrons. The zero-order valence-corrected chi connectivity index (χ0v) is 15.5. The molecule has 0 unspecified atom stereocenters. The SMILES string of the molecule is O=C(Nc1cc([N+](=O)[O-])ccc1F)c1ccc(N2CCCCCC2)c([N+](=O)[O-])c1. The average Bonchev–Trinajstić information content (AvgIpc) is 2.98. The van der Waals surface area contributed by atoms with E-state index in [2.05, 4.69) is 5.32 Å². The van der Waals surface area contributed by atoms with E-state index in [4.69, 9.17) is 0 Å². The number of halogens is 1. The predicted molar refractivity (Wildman–Crippen MR) is 105 cm³/mol. The summed E-state index contributed by atoms with van der Waals surface area (Å²) >= 11 is 0. The van der Waals surface area contributed by atoms with Crippen molar-refractivity contribution in [3.8, 4) is 0 Å². The van der Waals surface area contributed by atoms with E-state index in [0.717, 1.165) is 49.9 Å². The first-order chi connectivity index (χ1) is 13.9. The standard InChI is InChI=1S/C19H19FN4O5/c20-15-7-6-14(23(26)27)12-16(15)21-19(25)13-5-8-17(18(11-13)24(28)29)22-9-3-1-2-4-10-22/h5-8,11-12H,1-4,9-10H2,(H,21,25). The number of nitro groups is 2. The van der Waals surface area contributed by atoms with Gasteiger partial charge in [-0.3, -0.25) is 25.0 Å². The Hall–Kier alpha value is -3.56. The Morgan fingerprint density at radius 2 is 1.66 bits per heavy atom. The quantitative estimate of drug-likeness (QED) is 0.589. The van der Waals surface area contributed by atoms with Gasteiger partial charge in [0.15, 0.2) is 0 Å². The van der Waals surface area contributed by atoms with Gasteiger partial charge in [0.25, 0.3) is 17.3 Å². The number of carbonyl (C=O) groups excluding carboxylic acids is 1. The number of benzene rings is 2. The maximum absolute atomic E-state index is 13.9. The minimum absolute atomic E-state index is 0.0406. The number of anilines is 2. The van der Waals surface area contributed by atoms with E-state index in [1.165, 1.54) is 12.1 Å². The molecule has 1 saturated heterocycles. The zero-order chi connectivity index (χ0) is 21.0. The Kier molecular flexibility index (Phi) is 6.01. The van der Waals surface area contributed by atoms with Crippen LogP contribution in [0.3, 0.4) is 0 Å². The molecule has 152 valence electrons. The summed E-state index contributed by atoms with van der Waals surface area (Å²) in [6.07, 6.45) is 4.01. The van der Waals surface area contributed by atoms with Crippen molar-refractivity contribution >= 4 is 28.7 Å². The lowest BCUT2D eigenvalue weighted by Crippen LogP contribution is -2.25. The second-order valence-corrected chi connectivity index (χ2v) is 6.74. The molecule has 0 spiro atoms. The van der Waals surface area contributed by atoms with Gasteiger partial charge in [-0.25, -0.2) is 4.39 Å².